The maximum Gasteiger partial charge on any atom is 0.329 e. The van der Waals surface area contributed by atoms with E-state index in [1.165, 1.54) is 4.57 Å². The Bertz CT molecular complexity index is 1450. The van der Waals surface area contributed by atoms with Crippen molar-refractivity contribution in [3.05, 3.63) is 92.0 Å². The number of carbonyl (C=O) groups excluding carboxylic acids is 1. The summed E-state index contributed by atoms with van der Waals surface area (Å²) in [7, 11) is 0. The highest BCUT2D eigenvalue weighted by Crippen LogP contribution is 2.39. The molecule has 34 heavy (non-hydrogen) atoms. The molecular formula is C25H26N6O3. The van der Waals surface area contributed by atoms with Gasteiger partial charge in [0.1, 0.15) is 0 Å². The van der Waals surface area contributed by atoms with Crippen LogP contribution in [0.4, 0.5) is 0 Å². The van der Waals surface area contributed by atoms with Gasteiger partial charge in [0, 0.05) is 37.1 Å². The summed E-state index contributed by atoms with van der Waals surface area (Å²) >= 11 is 0. The van der Waals surface area contributed by atoms with Crippen molar-refractivity contribution in [2.45, 2.75) is 51.7 Å². The van der Waals surface area contributed by atoms with E-state index >= 15 is 0 Å². The fourth-order valence-corrected chi connectivity index (χ4v) is 4.11. The Hall–Kier alpha value is -4.01. The third-order valence-electron chi connectivity index (χ3n) is 6.04. The van der Waals surface area contributed by atoms with Crippen molar-refractivity contribution < 1.29 is 4.79 Å². The second kappa shape index (κ2) is 9.09. The van der Waals surface area contributed by atoms with Gasteiger partial charge >= 0.3 is 5.69 Å². The van der Waals surface area contributed by atoms with Gasteiger partial charge < -0.3 is 5.32 Å². The van der Waals surface area contributed by atoms with Crippen LogP contribution in [0.2, 0.25) is 0 Å². The summed E-state index contributed by atoms with van der Waals surface area (Å²) in [6.45, 7) is 3.35. The number of hydrogen-bond donors (Lipinski definition) is 2. The Labute approximate surface area is 195 Å². The molecule has 4 aromatic rings. The van der Waals surface area contributed by atoms with E-state index in [-0.39, 0.29) is 28.4 Å². The van der Waals surface area contributed by atoms with Crippen molar-refractivity contribution in [3.8, 4) is 0 Å². The molecule has 0 spiro atoms. The van der Waals surface area contributed by atoms with Gasteiger partial charge in [-0.25, -0.2) is 9.78 Å². The van der Waals surface area contributed by atoms with Gasteiger partial charge in [0.15, 0.2) is 5.65 Å². The number of nitrogens with zero attached hydrogens (tertiary/aromatic N) is 4. The van der Waals surface area contributed by atoms with Crippen LogP contribution >= 0.6 is 0 Å². The Morgan fingerprint density at radius 3 is 2.62 bits per heavy atom. The lowest BCUT2D eigenvalue weighted by molar-refractivity contribution is 0.0952. The van der Waals surface area contributed by atoms with Gasteiger partial charge in [-0.3, -0.25) is 23.8 Å². The second-order valence-electron chi connectivity index (χ2n) is 8.68. The average Bonchev–Trinajstić information content (AvgIpc) is 3.57. The van der Waals surface area contributed by atoms with E-state index in [0.717, 1.165) is 29.7 Å². The minimum absolute atomic E-state index is 0.157. The second-order valence-corrected chi connectivity index (χ2v) is 8.68. The third kappa shape index (κ3) is 4.41. The number of H-pyrrole nitrogens is 1. The standard InChI is InChI=1S/C25H26N6O3/c1-2-11-31-22-21(24(33)29-25(31)34)19(13-20(28-22)18-8-9-18)23(32)26-14-16-4-6-17(7-5-16)15-30-12-3-10-27-30/h3-7,10,12-13,18H,2,8-9,11,14-15H2,1H3,(H,26,32)(H,29,33,34). The van der Waals surface area contributed by atoms with E-state index in [2.05, 4.69) is 20.4 Å². The van der Waals surface area contributed by atoms with Gasteiger partial charge in [-0.05, 0) is 42.5 Å². The molecule has 1 amide bonds. The van der Waals surface area contributed by atoms with Crippen LogP contribution in [0, 0.1) is 0 Å². The Morgan fingerprint density at radius 1 is 1.18 bits per heavy atom. The lowest BCUT2D eigenvalue weighted by atomic mass is 10.1. The molecule has 174 valence electrons. The molecule has 9 nitrogen and oxygen atoms in total. The summed E-state index contributed by atoms with van der Waals surface area (Å²) in [4.78, 5) is 45.4. The SMILES string of the molecule is CCCn1c(=O)[nH]c(=O)c2c(C(=O)NCc3ccc(Cn4cccn4)cc3)cc(C3CC3)nc21. The normalized spacial score (nSPS) is 13.3. The Morgan fingerprint density at radius 2 is 1.94 bits per heavy atom. The zero-order valence-electron chi connectivity index (χ0n) is 19.0. The molecule has 0 radical (unpaired) electrons. The summed E-state index contributed by atoms with van der Waals surface area (Å²) in [6, 6.07) is 11.5. The van der Waals surface area contributed by atoms with Gasteiger partial charge in [-0.15, -0.1) is 0 Å². The first-order valence-electron chi connectivity index (χ1n) is 11.5. The summed E-state index contributed by atoms with van der Waals surface area (Å²) in [5.41, 5.74) is 2.26. The number of aromatic amines is 1. The van der Waals surface area contributed by atoms with Gasteiger partial charge in [-0.1, -0.05) is 31.2 Å². The molecule has 0 unspecified atom stereocenters. The number of aryl methyl sites for hydroxylation is 1. The largest absolute Gasteiger partial charge is 0.348 e. The highest BCUT2D eigenvalue weighted by Gasteiger charge is 2.28. The van der Waals surface area contributed by atoms with Crippen LogP contribution in [-0.2, 0) is 19.6 Å². The molecule has 1 fully saturated rings. The fourth-order valence-electron chi connectivity index (χ4n) is 4.11. The molecule has 3 heterocycles. The van der Waals surface area contributed by atoms with Gasteiger partial charge in [0.2, 0.25) is 0 Å². The summed E-state index contributed by atoms with van der Waals surface area (Å²) in [6.07, 6.45) is 6.34. The molecule has 5 rings (SSSR count). The van der Waals surface area contributed by atoms with Crippen LogP contribution in [0.1, 0.15) is 59.3 Å². The number of aromatic nitrogens is 5. The fraction of sp³-hybridized carbons (Fsp3) is 0.320. The maximum atomic E-state index is 13.2. The summed E-state index contributed by atoms with van der Waals surface area (Å²) in [5, 5.41) is 7.30. The van der Waals surface area contributed by atoms with Crippen molar-refractivity contribution in [1.82, 2.24) is 29.6 Å². The van der Waals surface area contributed by atoms with Crippen LogP contribution in [0.25, 0.3) is 11.0 Å². The van der Waals surface area contributed by atoms with Crippen LogP contribution in [0.15, 0.2) is 58.4 Å². The predicted molar refractivity (Wildman–Crippen MR) is 128 cm³/mol. The van der Waals surface area contributed by atoms with E-state index < -0.39 is 11.2 Å². The molecule has 1 aliphatic rings. The smallest absolute Gasteiger partial charge is 0.329 e. The molecule has 0 atom stereocenters. The number of rotatable bonds is 8. The predicted octanol–water partition coefficient (Wildman–Crippen LogP) is 2.55. The topological polar surface area (TPSA) is 115 Å². The zero-order valence-corrected chi connectivity index (χ0v) is 19.0. The first-order valence-corrected chi connectivity index (χ1v) is 11.5. The summed E-state index contributed by atoms with van der Waals surface area (Å²) < 4.78 is 3.30. The molecule has 0 bridgehead atoms. The Balaban J connectivity index is 1.42. The third-order valence-corrected chi connectivity index (χ3v) is 6.04. The average molecular weight is 459 g/mol. The highest BCUT2D eigenvalue weighted by molar-refractivity contribution is 6.05. The zero-order chi connectivity index (χ0) is 23.7. The number of hydrogen-bond acceptors (Lipinski definition) is 5. The summed E-state index contributed by atoms with van der Waals surface area (Å²) in [5.74, 6) is -0.0927. The van der Waals surface area contributed by atoms with E-state index in [1.807, 2.05) is 48.1 Å². The molecule has 2 N–H and O–H groups in total. The monoisotopic (exact) mass is 458 g/mol. The van der Waals surface area contributed by atoms with Gasteiger partial charge in [-0.2, -0.15) is 5.10 Å². The van der Waals surface area contributed by atoms with Crippen molar-refractivity contribution in [2.24, 2.45) is 0 Å². The molecule has 0 saturated heterocycles. The van der Waals surface area contributed by atoms with Crippen molar-refractivity contribution in [1.29, 1.82) is 0 Å². The van der Waals surface area contributed by atoms with Crippen molar-refractivity contribution >= 4 is 16.9 Å². The molecule has 3 aromatic heterocycles. The number of carbonyl (C=O) groups is 1. The van der Waals surface area contributed by atoms with Crippen LogP contribution < -0.4 is 16.6 Å². The van der Waals surface area contributed by atoms with Gasteiger partial charge in [0.25, 0.3) is 11.5 Å². The molecular weight excluding hydrogens is 432 g/mol. The molecule has 1 saturated carbocycles. The highest BCUT2D eigenvalue weighted by atomic mass is 16.2. The van der Waals surface area contributed by atoms with Crippen molar-refractivity contribution in [3.63, 3.8) is 0 Å². The minimum atomic E-state index is -0.588. The van der Waals surface area contributed by atoms with E-state index in [1.54, 1.807) is 12.3 Å². The number of amides is 1. The molecule has 1 aliphatic carbocycles. The van der Waals surface area contributed by atoms with E-state index in [0.29, 0.717) is 26.1 Å². The number of benzene rings is 1. The van der Waals surface area contributed by atoms with Crippen LogP contribution in [-0.4, -0.2) is 30.2 Å². The lowest BCUT2D eigenvalue weighted by Crippen LogP contribution is -2.33. The maximum absolute atomic E-state index is 13.2. The van der Waals surface area contributed by atoms with Crippen LogP contribution in [0.3, 0.4) is 0 Å². The molecule has 0 aliphatic heterocycles. The number of pyridine rings is 1. The quantitative estimate of drug-likeness (QED) is 0.421. The van der Waals surface area contributed by atoms with Gasteiger partial charge in [0.05, 0.1) is 17.5 Å². The lowest BCUT2D eigenvalue weighted by Gasteiger charge is -2.13. The minimum Gasteiger partial charge on any atom is -0.348 e. The molecule has 9 heteroatoms. The van der Waals surface area contributed by atoms with E-state index in [4.69, 9.17) is 0 Å². The van der Waals surface area contributed by atoms with Crippen molar-refractivity contribution in [2.75, 3.05) is 0 Å². The first-order chi connectivity index (χ1) is 16.5. The van der Waals surface area contributed by atoms with E-state index in [9.17, 15) is 14.4 Å². The first kappa shape index (κ1) is 21.8. The Kier molecular flexibility index (Phi) is 5.83. The van der Waals surface area contributed by atoms with Crippen LogP contribution in [0.5, 0.6) is 0 Å². The molecule has 1 aromatic carbocycles. The number of fused-ring (bicyclic) bond motifs is 1. The number of nitrogens with one attached hydrogen (secondary N) is 2.